The second-order valence-corrected chi connectivity index (χ2v) is 5.67. The maximum atomic E-state index is 14.2. The summed E-state index contributed by atoms with van der Waals surface area (Å²) in [6, 6.07) is 9.09. The molecule has 0 heterocycles. The van der Waals surface area contributed by atoms with Crippen LogP contribution in [0.5, 0.6) is 0 Å². The van der Waals surface area contributed by atoms with Gasteiger partial charge in [-0.2, -0.15) is 4.20 Å². The van der Waals surface area contributed by atoms with E-state index in [2.05, 4.69) is 4.74 Å². The van der Waals surface area contributed by atoms with Crippen LogP contribution >= 0.6 is 7.52 Å². The van der Waals surface area contributed by atoms with Gasteiger partial charge in [-0.15, -0.1) is 0 Å². The largest absolute Gasteiger partial charge is 0.259 e. The molecule has 72 valence electrons. The van der Waals surface area contributed by atoms with Crippen molar-refractivity contribution in [1.82, 2.24) is 4.67 Å². The van der Waals surface area contributed by atoms with Crippen molar-refractivity contribution in [1.29, 1.82) is 0 Å². The van der Waals surface area contributed by atoms with Crippen LogP contribution in [0.25, 0.3) is 0 Å². The molecule has 0 saturated heterocycles. The SMILES string of the molecule is CN=P(F)(c1ccccc1)N(C)C. The van der Waals surface area contributed by atoms with E-state index in [-0.39, 0.29) is 0 Å². The lowest BCUT2D eigenvalue weighted by Crippen LogP contribution is -2.15. The molecule has 0 aliphatic heterocycles. The van der Waals surface area contributed by atoms with Crippen molar-refractivity contribution in [3.63, 3.8) is 0 Å². The summed E-state index contributed by atoms with van der Waals surface area (Å²) in [6.07, 6.45) is 0. The molecule has 1 atom stereocenters. The Balaban J connectivity index is 3.20. The molecule has 1 aromatic rings. The van der Waals surface area contributed by atoms with Crippen molar-refractivity contribution in [3.8, 4) is 0 Å². The lowest BCUT2D eigenvalue weighted by atomic mass is 10.4. The van der Waals surface area contributed by atoms with Gasteiger partial charge in [0.2, 0.25) is 7.52 Å². The first-order chi connectivity index (χ1) is 6.11. The Morgan fingerprint density at radius 3 is 2.15 bits per heavy atom. The van der Waals surface area contributed by atoms with Gasteiger partial charge in [-0.1, -0.05) is 18.2 Å². The Hall–Kier alpha value is -0.660. The van der Waals surface area contributed by atoms with Crippen molar-refractivity contribution in [3.05, 3.63) is 30.3 Å². The van der Waals surface area contributed by atoms with Crippen LogP contribution in [-0.2, 0) is 0 Å². The molecule has 0 aromatic heterocycles. The first kappa shape index (κ1) is 10.4. The van der Waals surface area contributed by atoms with Gasteiger partial charge in [-0.05, 0) is 26.2 Å². The Bertz CT molecular complexity index is 322. The Morgan fingerprint density at radius 1 is 1.23 bits per heavy atom. The first-order valence-corrected chi connectivity index (χ1v) is 5.63. The second-order valence-electron chi connectivity index (χ2n) is 2.91. The predicted octanol–water partition coefficient (Wildman–Crippen LogP) is 2.50. The molecule has 0 N–H and O–H groups in total. The summed E-state index contributed by atoms with van der Waals surface area (Å²) in [6.45, 7) is 0. The third kappa shape index (κ3) is 1.98. The van der Waals surface area contributed by atoms with E-state index >= 15 is 0 Å². The number of halogens is 1. The second kappa shape index (κ2) is 4.03. The number of benzene rings is 1. The Morgan fingerprint density at radius 2 is 1.77 bits per heavy atom. The lowest BCUT2D eigenvalue weighted by molar-refractivity contribution is 0.620. The third-order valence-electron chi connectivity index (χ3n) is 1.88. The van der Waals surface area contributed by atoms with Gasteiger partial charge in [-0.25, -0.2) is 4.67 Å². The molecule has 0 saturated carbocycles. The van der Waals surface area contributed by atoms with E-state index < -0.39 is 7.52 Å². The summed E-state index contributed by atoms with van der Waals surface area (Å²) < 4.78 is 19.7. The fourth-order valence-corrected chi connectivity index (χ4v) is 2.75. The van der Waals surface area contributed by atoms with Gasteiger partial charge in [0, 0.05) is 12.4 Å². The van der Waals surface area contributed by atoms with Gasteiger partial charge < -0.3 is 0 Å². The molecule has 0 aliphatic rings. The van der Waals surface area contributed by atoms with Gasteiger partial charge in [-0.3, -0.25) is 4.74 Å². The van der Waals surface area contributed by atoms with E-state index in [0.29, 0.717) is 5.30 Å². The zero-order valence-electron chi connectivity index (χ0n) is 8.11. The third-order valence-corrected chi connectivity index (χ3v) is 4.43. The quantitative estimate of drug-likeness (QED) is 0.670. The number of nitrogens with zero attached hydrogens (tertiary/aromatic N) is 2. The molecule has 1 aromatic carbocycles. The number of hydrogen-bond donors (Lipinski definition) is 0. The van der Waals surface area contributed by atoms with Crippen molar-refractivity contribution < 1.29 is 4.20 Å². The van der Waals surface area contributed by atoms with Crippen LogP contribution in [0.15, 0.2) is 35.1 Å². The highest BCUT2D eigenvalue weighted by atomic mass is 31.2. The monoisotopic (exact) mass is 200 g/mol. The molecule has 0 radical (unpaired) electrons. The molecule has 4 heteroatoms. The van der Waals surface area contributed by atoms with E-state index in [9.17, 15) is 4.20 Å². The molecule has 1 unspecified atom stereocenters. The summed E-state index contributed by atoms with van der Waals surface area (Å²) in [4.78, 5) is 0. The average Bonchev–Trinajstić information content (AvgIpc) is 2.17. The molecular weight excluding hydrogens is 186 g/mol. The van der Waals surface area contributed by atoms with E-state index in [0.717, 1.165) is 0 Å². The smallest absolute Gasteiger partial charge is 0.227 e. The maximum absolute atomic E-state index is 14.2. The zero-order valence-corrected chi connectivity index (χ0v) is 9.00. The molecule has 0 bridgehead atoms. The average molecular weight is 200 g/mol. The van der Waals surface area contributed by atoms with Crippen LogP contribution in [0, 0.1) is 0 Å². The summed E-state index contributed by atoms with van der Waals surface area (Å²) >= 11 is 0. The van der Waals surface area contributed by atoms with Gasteiger partial charge in [0.15, 0.2) is 0 Å². The molecule has 0 fully saturated rings. The highest BCUT2D eigenvalue weighted by Crippen LogP contribution is 2.51. The molecule has 0 aliphatic carbocycles. The van der Waals surface area contributed by atoms with Crippen LogP contribution in [-0.4, -0.2) is 25.8 Å². The van der Waals surface area contributed by atoms with Gasteiger partial charge in [0.1, 0.15) is 0 Å². The van der Waals surface area contributed by atoms with Crippen LogP contribution in [0.4, 0.5) is 4.20 Å². The Kier molecular flexibility index (Phi) is 3.23. The summed E-state index contributed by atoms with van der Waals surface area (Å²) in [5, 5.41) is 0.669. The normalized spacial score (nSPS) is 15.5. The van der Waals surface area contributed by atoms with Crippen molar-refractivity contribution in [2.75, 3.05) is 21.1 Å². The van der Waals surface area contributed by atoms with Crippen LogP contribution in [0.1, 0.15) is 0 Å². The highest BCUT2D eigenvalue weighted by Gasteiger charge is 2.22. The highest BCUT2D eigenvalue weighted by molar-refractivity contribution is 7.66. The minimum atomic E-state index is -2.92. The zero-order chi connectivity index (χ0) is 9.90. The fraction of sp³-hybridized carbons (Fsp3) is 0.333. The minimum absolute atomic E-state index is 0.669. The molecule has 0 amide bonds. The summed E-state index contributed by atoms with van der Waals surface area (Å²) in [7, 11) is 2.04. The van der Waals surface area contributed by atoms with Crippen LogP contribution in [0.3, 0.4) is 0 Å². The summed E-state index contributed by atoms with van der Waals surface area (Å²) in [5.74, 6) is 0. The number of hydrogen-bond acceptors (Lipinski definition) is 1. The van der Waals surface area contributed by atoms with Crippen molar-refractivity contribution >= 4 is 12.8 Å². The summed E-state index contributed by atoms with van der Waals surface area (Å²) in [5.41, 5.74) is 0. The van der Waals surface area contributed by atoms with E-state index in [1.54, 1.807) is 30.9 Å². The van der Waals surface area contributed by atoms with E-state index in [1.807, 2.05) is 18.2 Å². The number of rotatable bonds is 2. The lowest BCUT2D eigenvalue weighted by Gasteiger charge is -2.21. The standard InChI is InChI=1S/C9H14FN2P/c1-11-13(10,12(2)3)9-7-5-4-6-8-9/h4-8H,1-3H3. The van der Waals surface area contributed by atoms with Gasteiger partial charge in [0.05, 0.1) is 0 Å². The minimum Gasteiger partial charge on any atom is -0.259 e. The van der Waals surface area contributed by atoms with Gasteiger partial charge >= 0.3 is 0 Å². The van der Waals surface area contributed by atoms with E-state index in [4.69, 9.17) is 0 Å². The molecule has 1 rings (SSSR count). The van der Waals surface area contributed by atoms with Gasteiger partial charge in [0.25, 0.3) is 0 Å². The van der Waals surface area contributed by atoms with Crippen LogP contribution in [0.2, 0.25) is 0 Å². The fourth-order valence-electron chi connectivity index (χ4n) is 1.14. The molecule has 2 nitrogen and oxygen atoms in total. The van der Waals surface area contributed by atoms with Crippen molar-refractivity contribution in [2.45, 2.75) is 0 Å². The van der Waals surface area contributed by atoms with Crippen LogP contribution < -0.4 is 5.30 Å². The van der Waals surface area contributed by atoms with Crippen molar-refractivity contribution in [2.24, 2.45) is 4.74 Å². The van der Waals surface area contributed by atoms with E-state index in [1.165, 1.54) is 7.05 Å². The Labute approximate surface area is 78.6 Å². The molecule has 13 heavy (non-hydrogen) atoms. The topological polar surface area (TPSA) is 15.6 Å². The maximum Gasteiger partial charge on any atom is 0.227 e. The molecular formula is C9H14FN2P. The predicted molar refractivity (Wildman–Crippen MR) is 56.1 cm³/mol. The first-order valence-electron chi connectivity index (χ1n) is 4.04. The molecule has 0 spiro atoms.